The molecule has 2 rings (SSSR count). The van der Waals surface area contributed by atoms with Crippen LogP contribution in [0.25, 0.3) is 0 Å². The summed E-state index contributed by atoms with van der Waals surface area (Å²) in [5, 5.41) is 10.0. The predicted molar refractivity (Wildman–Crippen MR) is 80.3 cm³/mol. The molecular weight excluding hydrogens is 276 g/mol. The molecule has 2 aromatic rings. The van der Waals surface area contributed by atoms with Crippen LogP contribution < -0.4 is 4.72 Å². The molecule has 0 aromatic heterocycles. The summed E-state index contributed by atoms with van der Waals surface area (Å²) in [5.41, 5.74) is 1.31. The van der Waals surface area contributed by atoms with Crippen LogP contribution in [-0.4, -0.2) is 26.0 Å². The molecule has 2 N–H and O–H groups in total. The highest BCUT2D eigenvalue weighted by molar-refractivity contribution is 7.92. The van der Waals surface area contributed by atoms with Gasteiger partial charge in [-0.3, -0.25) is 9.71 Å². The van der Waals surface area contributed by atoms with E-state index in [4.69, 9.17) is 0 Å². The summed E-state index contributed by atoms with van der Waals surface area (Å²) in [7, 11) is -3.44. The van der Waals surface area contributed by atoms with Crippen molar-refractivity contribution in [1.29, 1.82) is 0 Å². The first kappa shape index (κ1) is 14.1. The van der Waals surface area contributed by atoms with E-state index in [0.29, 0.717) is 5.56 Å². The van der Waals surface area contributed by atoms with Gasteiger partial charge in [-0.15, -0.1) is 0 Å². The number of hydrogen-bond acceptors (Lipinski definition) is 4. The van der Waals surface area contributed by atoms with Crippen molar-refractivity contribution in [3.05, 3.63) is 54.1 Å². The number of rotatable bonds is 4. The number of phenolic OH excluding ortho intramolecular Hbond substituents is 1. The van der Waals surface area contributed by atoms with Crippen LogP contribution in [0.15, 0.2) is 53.5 Å². The molecule has 104 valence electrons. The van der Waals surface area contributed by atoms with Crippen LogP contribution in [0.3, 0.4) is 0 Å². The van der Waals surface area contributed by atoms with Gasteiger partial charge in [0.1, 0.15) is 5.75 Å². The van der Waals surface area contributed by atoms with Gasteiger partial charge in [0.25, 0.3) is 0 Å². The van der Waals surface area contributed by atoms with Crippen LogP contribution in [0, 0.1) is 0 Å². The van der Waals surface area contributed by atoms with Crippen LogP contribution in [0.2, 0.25) is 0 Å². The summed E-state index contributed by atoms with van der Waals surface area (Å²) >= 11 is 0. The number of aromatic hydroxyl groups is 1. The number of hydrogen-bond donors (Lipinski definition) is 2. The van der Waals surface area contributed by atoms with Gasteiger partial charge >= 0.3 is 0 Å². The van der Waals surface area contributed by atoms with Crippen LogP contribution in [0.1, 0.15) is 5.56 Å². The third kappa shape index (κ3) is 3.83. The normalized spacial score (nSPS) is 11.7. The Morgan fingerprint density at radius 2 is 1.80 bits per heavy atom. The number of sulfonamides is 1. The molecule has 0 unspecified atom stereocenters. The maximum absolute atomic E-state index is 11.2. The van der Waals surface area contributed by atoms with E-state index in [2.05, 4.69) is 9.71 Å². The SMILES string of the molecule is CS(=O)(=O)Nc1cccc(/C=N/c2ccccc2)c1O. The van der Waals surface area contributed by atoms with E-state index in [0.717, 1.165) is 11.9 Å². The topological polar surface area (TPSA) is 78.8 Å². The Morgan fingerprint density at radius 1 is 1.10 bits per heavy atom. The fourth-order valence-electron chi connectivity index (χ4n) is 1.61. The van der Waals surface area contributed by atoms with Gasteiger partial charge in [-0.05, 0) is 24.3 Å². The standard InChI is InChI=1S/C14H14N2O3S/c1-20(18,19)16-13-9-5-6-11(14(13)17)10-15-12-7-3-2-4-8-12/h2-10,16-17H,1H3/b15-10+. The number of benzene rings is 2. The first-order valence-electron chi connectivity index (χ1n) is 5.84. The van der Waals surface area contributed by atoms with Crippen LogP contribution in [0.4, 0.5) is 11.4 Å². The minimum absolute atomic E-state index is 0.129. The van der Waals surface area contributed by atoms with Gasteiger partial charge in [0.2, 0.25) is 10.0 Å². The summed E-state index contributed by atoms with van der Waals surface area (Å²) in [5.74, 6) is -0.155. The second-order valence-corrected chi connectivity index (χ2v) is 5.96. The molecule has 0 aliphatic rings. The van der Waals surface area contributed by atoms with E-state index in [1.54, 1.807) is 12.1 Å². The fraction of sp³-hybridized carbons (Fsp3) is 0.0714. The molecule has 0 amide bonds. The molecule has 0 radical (unpaired) electrons. The molecule has 0 heterocycles. The lowest BCUT2D eigenvalue weighted by atomic mass is 10.2. The molecule has 6 heteroatoms. The lowest BCUT2D eigenvalue weighted by molar-refractivity contribution is 0.477. The third-order valence-corrected chi connectivity index (χ3v) is 3.06. The maximum Gasteiger partial charge on any atom is 0.229 e. The van der Waals surface area contributed by atoms with E-state index in [-0.39, 0.29) is 11.4 Å². The van der Waals surface area contributed by atoms with Crippen molar-refractivity contribution in [2.75, 3.05) is 11.0 Å². The largest absolute Gasteiger partial charge is 0.505 e. The van der Waals surface area contributed by atoms with Crippen molar-refractivity contribution >= 4 is 27.6 Å². The summed E-state index contributed by atoms with van der Waals surface area (Å²) in [6, 6.07) is 14.0. The van der Waals surface area contributed by atoms with Gasteiger partial charge in [0, 0.05) is 11.8 Å². The summed E-state index contributed by atoms with van der Waals surface area (Å²) in [6.07, 6.45) is 2.51. The van der Waals surface area contributed by atoms with Gasteiger partial charge in [-0.25, -0.2) is 8.42 Å². The van der Waals surface area contributed by atoms with E-state index < -0.39 is 10.0 Å². The molecule has 0 aliphatic heterocycles. The molecule has 0 atom stereocenters. The molecule has 0 aliphatic carbocycles. The Morgan fingerprint density at radius 3 is 2.45 bits per heavy atom. The number of aliphatic imine (C=N–C) groups is 1. The van der Waals surface area contributed by atoms with Crippen molar-refractivity contribution in [2.45, 2.75) is 0 Å². The van der Waals surface area contributed by atoms with Crippen molar-refractivity contribution in [2.24, 2.45) is 4.99 Å². The zero-order valence-corrected chi connectivity index (χ0v) is 11.6. The highest BCUT2D eigenvalue weighted by Crippen LogP contribution is 2.27. The number of anilines is 1. The minimum Gasteiger partial charge on any atom is -0.505 e. The monoisotopic (exact) mass is 290 g/mol. The predicted octanol–water partition coefficient (Wildman–Crippen LogP) is 2.51. The number of nitrogens with one attached hydrogen (secondary N) is 1. The van der Waals surface area contributed by atoms with Gasteiger partial charge < -0.3 is 5.11 Å². The number of phenols is 1. The Kier molecular flexibility index (Phi) is 4.05. The number of para-hydroxylation sites is 2. The van der Waals surface area contributed by atoms with Crippen LogP contribution >= 0.6 is 0 Å². The van der Waals surface area contributed by atoms with Crippen molar-refractivity contribution < 1.29 is 13.5 Å². The van der Waals surface area contributed by atoms with E-state index in [9.17, 15) is 13.5 Å². The zero-order chi connectivity index (χ0) is 14.6. The Labute approximate surface area is 117 Å². The minimum atomic E-state index is -3.44. The second-order valence-electron chi connectivity index (χ2n) is 4.21. The smallest absolute Gasteiger partial charge is 0.229 e. The fourth-order valence-corrected chi connectivity index (χ4v) is 2.17. The Bertz CT molecular complexity index is 725. The van der Waals surface area contributed by atoms with Crippen molar-refractivity contribution in [3.8, 4) is 5.75 Å². The third-order valence-electron chi connectivity index (χ3n) is 2.47. The first-order valence-corrected chi connectivity index (χ1v) is 7.74. The van der Waals surface area contributed by atoms with E-state index in [1.165, 1.54) is 12.3 Å². The van der Waals surface area contributed by atoms with E-state index >= 15 is 0 Å². The molecule has 0 bridgehead atoms. The average Bonchev–Trinajstić information content (AvgIpc) is 2.39. The van der Waals surface area contributed by atoms with Gasteiger partial charge in [0.05, 0.1) is 17.6 Å². The summed E-state index contributed by atoms with van der Waals surface area (Å²) in [6.45, 7) is 0. The molecule has 0 saturated heterocycles. The molecule has 2 aromatic carbocycles. The molecule has 0 spiro atoms. The highest BCUT2D eigenvalue weighted by atomic mass is 32.2. The molecule has 5 nitrogen and oxygen atoms in total. The molecule has 0 saturated carbocycles. The first-order chi connectivity index (χ1) is 9.46. The van der Waals surface area contributed by atoms with Gasteiger partial charge in [-0.1, -0.05) is 24.3 Å². The van der Waals surface area contributed by atoms with Crippen molar-refractivity contribution in [1.82, 2.24) is 0 Å². The second kappa shape index (κ2) is 5.75. The quantitative estimate of drug-likeness (QED) is 0.671. The zero-order valence-electron chi connectivity index (χ0n) is 10.8. The molecule has 20 heavy (non-hydrogen) atoms. The van der Waals surface area contributed by atoms with Gasteiger partial charge in [0.15, 0.2) is 0 Å². The molecule has 0 fully saturated rings. The highest BCUT2D eigenvalue weighted by Gasteiger charge is 2.09. The lowest BCUT2D eigenvalue weighted by Crippen LogP contribution is -2.09. The van der Waals surface area contributed by atoms with E-state index in [1.807, 2.05) is 30.3 Å². The Balaban J connectivity index is 2.30. The Hall–Kier alpha value is -2.34. The summed E-state index contributed by atoms with van der Waals surface area (Å²) in [4.78, 5) is 4.21. The van der Waals surface area contributed by atoms with Gasteiger partial charge in [-0.2, -0.15) is 0 Å². The van der Waals surface area contributed by atoms with Crippen LogP contribution in [-0.2, 0) is 10.0 Å². The molecular formula is C14H14N2O3S. The lowest BCUT2D eigenvalue weighted by Gasteiger charge is -2.07. The van der Waals surface area contributed by atoms with Crippen LogP contribution in [0.5, 0.6) is 5.75 Å². The van der Waals surface area contributed by atoms with Crippen molar-refractivity contribution in [3.63, 3.8) is 0 Å². The maximum atomic E-state index is 11.2. The number of nitrogens with zero attached hydrogens (tertiary/aromatic N) is 1. The summed E-state index contributed by atoms with van der Waals surface area (Å²) < 4.78 is 24.6. The average molecular weight is 290 g/mol.